The Morgan fingerprint density at radius 2 is 0.803 bits per heavy atom. The van der Waals surface area contributed by atoms with E-state index >= 15 is 0 Å². The van der Waals surface area contributed by atoms with E-state index in [1.165, 1.54) is 77.9 Å². The smallest absolute Gasteiger partial charge is 0.160 e. The van der Waals surface area contributed by atoms with Gasteiger partial charge < -0.3 is 0 Å². The second-order valence-corrected chi connectivity index (χ2v) is 18.1. The fourth-order valence-corrected chi connectivity index (χ4v) is 11.3. The first-order chi connectivity index (χ1) is 29.8. The van der Waals surface area contributed by atoms with Gasteiger partial charge in [0.1, 0.15) is 0 Å². The third kappa shape index (κ3) is 4.97. The topological polar surface area (TPSA) is 25.8 Å². The summed E-state index contributed by atoms with van der Waals surface area (Å²) in [5.41, 5.74) is 22.5. The Labute approximate surface area is 358 Å². The molecule has 1 heterocycles. The molecule has 0 atom stereocenters. The van der Waals surface area contributed by atoms with E-state index in [1.807, 2.05) is 6.07 Å². The molecule has 2 nitrogen and oxygen atoms in total. The van der Waals surface area contributed by atoms with Crippen LogP contribution in [0, 0.1) is 0 Å². The maximum atomic E-state index is 5.44. The largest absolute Gasteiger partial charge is 0.228 e. The van der Waals surface area contributed by atoms with E-state index in [1.54, 1.807) is 0 Å². The maximum absolute atomic E-state index is 5.44. The van der Waals surface area contributed by atoms with E-state index in [9.17, 15) is 0 Å². The fraction of sp³-hybridized carbons (Fsp3) is 0.119. The van der Waals surface area contributed by atoms with Gasteiger partial charge in [-0.2, -0.15) is 0 Å². The number of fused-ring (bicyclic) bond motifs is 12. The minimum Gasteiger partial charge on any atom is -0.228 e. The monoisotopic (exact) mass is 780 g/mol. The van der Waals surface area contributed by atoms with E-state index in [4.69, 9.17) is 9.97 Å². The molecular weight excluding hydrogens is 737 g/mol. The molecule has 1 spiro atoms. The quantitative estimate of drug-likeness (QED) is 0.178. The standard InChI is InChI=1S/C59H44N2/c1-57(2)45-24-12-11-22-41(45)42-32-30-40(35-52(42)57)39-31-33-46-44(34-39)55-43(54-36-53(37-18-7-5-8-19-37)60-56(61-54)38-20-9-6-10-21-38)23-17-29-51(55)59(46)49-27-15-13-25-47(49)58(3,4)48-26-14-16-28-50(48)59/h5-36H,1-4H3. The van der Waals surface area contributed by atoms with Crippen molar-refractivity contribution in [2.24, 2.45) is 0 Å². The second kappa shape index (κ2) is 12.9. The van der Waals surface area contributed by atoms with E-state index < -0.39 is 5.41 Å². The molecule has 1 aromatic heterocycles. The summed E-state index contributed by atoms with van der Waals surface area (Å²) in [6, 6.07) is 71.7. The Balaban J connectivity index is 1.16. The van der Waals surface area contributed by atoms with Gasteiger partial charge in [-0.25, -0.2) is 9.97 Å². The van der Waals surface area contributed by atoms with Gasteiger partial charge in [-0.3, -0.25) is 0 Å². The molecule has 0 saturated carbocycles. The molecule has 0 unspecified atom stereocenters. The zero-order valence-electron chi connectivity index (χ0n) is 34.9. The van der Waals surface area contributed by atoms with Gasteiger partial charge in [0.05, 0.1) is 16.8 Å². The first-order valence-corrected chi connectivity index (χ1v) is 21.5. The van der Waals surface area contributed by atoms with Crippen LogP contribution in [0.4, 0.5) is 0 Å². The molecule has 61 heavy (non-hydrogen) atoms. The highest BCUT2D eigenvalue weighted by Gasteiger charge is 2.54. The Morgan fingerprint density at radius 1 is 0.295 bits per heavy atom. The van der Waals surface area contributed by atoms with Crippen LogP contribution >= 0.6 is 0 Å². The maximum Gasteiger partial charge on any atom is 0.160 e. The van der Waals surface area contributed by atoms with Crippen LogP contribution in [0.5, 0.6) is 0 Å². The lowest BCUT2D eigenvalue weighted by Gasteiger charge is -2.46. The van der Waals surface area contributed by atoms with Gasteiger partial charge in [0.2, 0.25) is 0 Å². The number of hydrogen-bond acceptors (Lipinski definition) is 2. The third-order valence-electron chi connectivity index (χ3n) is 14.2. The molecule has 3 aliphatic rings. The van der Waals surface area contributed by atoms with Crippen molar-refractivity contribution in [3.63, 3.8) is 0 Å². The van der Waals surface area contributed by atoms with E-state index in [-0.39, 0.29) is 10.8 Å². The highest BCUT2D eigenvalue weighted by Crippen LogP contribution is 2.64. The molecule has 2 heteroatoms. The van der Waals surface area contributed by atoms with Crippen molar-refractivity contribution in [1.82, 2.24) is 9.97 Å². The molecule has 0 radical (unpaired) electrons. The Bertz CT molecular complexity index is 3140. The van der Waals surface area contributed by atoms with Gasteiger partial charge in [-0.05, 0) is 96.1 Å². The zero-order valence-corrected chi connectivity index (χ0v) is 34.9. The number of rotatable bonds is 4. The molecule has 0 amide bonds. The van der Waals surface area contributed by atoms with Gasteiger partial charge >= 0.3 is 0 Å². The normalized spacial score (nSPS) is 15.3. The molecule has 8 aromatic carbocycles. The summed E-state index contributed by atoms with van der Waals surface area (Å²) < 4.78 is 0. The highest BCUT2D eigenvalue weighted by molar-refractivity contribution is 5.98. The van der Waals surface area contributed by atoms with Crippen LogP contribution in [0.25, 0.3) is 67.3 Å². The van der Waals surface area contributed by atoms with Crippen molar-refractivity contribution in [2.75, 3.05) is 0 Å². The molecule has 12 rings (SSSR count). The van der Waals surface area contributed by atoms with Crippen molar-refractivity contribution < 1.29 is 0 Å². The summed E-state index contributed by atoms with van der Waals surface area (Å²) in [6.07, 6.45) is 0. The predicted molar refractivity (Wildman–Crippen MR) is 251 cm³/mol. The number of aromatic nitrogens is 2. The van der Waals surface area contributed by atoms with Gasteiger partial charge in [-0.15, -0.1) is 0 Å². The third-order valence-corrected chi connectivity index (χ3v) is 14.2. The Morgan fingerprint density at radius 3 is 1.51 bits per heavy atom. The molecule has 0 N–H and O–H groups in total. The lowest BCUT2D eigenvalue weighted by molar-refractivity contribution is 0.563. The van der Waals surface area contributed by atoms with Crippen LogP contribution < -0.4 is 0 Å². The summed E-state index contributed by atoms with van der Waals surface area (Å²) in [4.78, 5) is 10.6. The summed E-state index contributed by atoms with van der Waals surface area (Å²) in [6.45, 7) is 9.51. The van der Waals surface area contributed by atoms with Gasteiger partial charge in [0.25, 0.3) is 0 Å². The zero-order chi connectivity index (χ0) is 41.1. The van der Waals surface area contributed by atoms with Crippen molar-refractivity contribution >= 4 is 0 Å². The van der Waals surface area contributed by atoms with Gasteiger partial charge in [-0.1, -0.05) is 204 Å². The van der Waals surface area contributed by atoms with Crippen molar-refractivity contribution in [1.29, 1.82) is 0 Å². The second-order valence-electron chi connectivity index (χ2n) is 18.1. The summed E-state index contributed by atoms with van der Waals surface area (Å²) >= 11 is 0. The molecular formula is C59H44N2. The summed E-state index contributed by atoms with van der Waals surface area (Å²) in [5, 5.41) is 0. The molecule has 9 aromatic rings. The number of nitrogens with zero attached hydrogens (tertiary/aromatic N) is 2. The average Bonchev–Trinajstić information content (AvgIpc) is 3.74. The van der Waals surface area contributed by atoms with Crippen LogP contribution in [0.1, 0.15) is 72.2 Å². The van der Waals surface area contributed by atoms with Crippen LogP contribution in [-0.4, -0.2) is 9.97 Å². The number of hydrogen-bond donors (Lipinski definition) is 0. The lowest BCUT2D eigenvalue weighted by Crippen LogP contribution is -2.40. The Kier molecular flexibility index (Phi) is 7.57. The average molecular weight is 781 g/mol. The van der Waals surface area contributed by atoms with Crippen LogP contribution in [-0.2, 0) is 16.2 Å². The van der Waals surface area contributed by atoms with Crippen LogP contribution in [0.3, 0.4) is 0 Å². The first kappa shape index (κ1) is 35.8. The van der Waals surface area contributed by atoms with Crippen LogP contribution in [0.15, 0.2) is 194 Å². The van der Waals surface area contributed by atoms with Gasteiger partial charge in [0.15, 0.2) is 5.82 Å². The van der Waals surface area contributed by atoms with E-state index in [0.29, 0.717) is 5.82 Å². The SMILES string of the molecule is CC1(C)c2ccccc2-c2ccc(-c3ccc4c(c3)-c3c(-c5cc(-c6ccccc6)nc(-c6ccccc6)n5)cccc3C43c4ccccc4C(C)(C)c4ccccc43)cc21. The fourth-order valence-electron chi connectivity index (χ4n) is 11.3. The molecule has 290 valence electrons. The Hall–Kier alpha value is -7.16. The summed E-state index contributed by atoms with van der Waals surface area (Å²) in [7, 11) is 0. The molecule has 3 aliphatic carbocycles. The first-order valence-electron chi connectivity index (χ1n) is 21.5. The predicted octanol–water partition coefficient (Wildman–Crippen LogP) is 14.5. The van der Waals surface area contributed by atoms with Crippen LogP contribution in [0.2, 0.25) is 0 Å². The van der Waals surface area contributed by atoms with Gasteiger partial charge in [0, 0.05) is 27.5 Å². The van der Waals surface area contributed by atoms with E-state index in [0.717, 1.165) is 28.1 Å². The van der Waals surface area contributed by atoms with Crippen molar-refractivity contribution in [3.05, 3.63) is 239 Å². The summed E-state index contributed by atoms with van der Waals surface area (Å²) in [5.74, 6) is 0.716. The molecule has 0 saturated heterocycles. The highest BCUT2D eigenvalue weighted by atomic mass is 14.9. The molecule has 0 fully saturated rings. The van der Waals surface area contributed by atoms with E-state index in [2.05, 4.69) is 216 Å². The number of benzene rings is 8. The van der Waals surface area contributed by atoms with Crippen molar-refractivity contribution in [2.45, 2.75) is 43.9 Å². The minimum absolute atomic E-state index is 0.0925. The van der Waals surface area contributed by atoms with Crippen molar-refractivity contribution in [3.8, 4) is 67.3 Å². The molecule has 0 aliphatic heterocycles. The molecule has 0 bridgehead atoms. The minimum atomic E-state index is -0.541. The lowest BCUT2D eigenvalue weighted by atomic mass is 9.55.